The Kier molecular flexibility index (Phi) is 4.66. The van der Waals surface area contributed by atoms with Gasteiger partial charge in [-0.25, -0.2) is 0 Å². The maximum absolute atomic E-state index is 11.1. The van der Waals surface area contributed by atoms with Crippen LogP contribution in [0.2, 0.25) is 0 Å². The van der Waals surface area contributed by atoms with Gasteiger partial charge < -0.3 is 5.11 Å². The lowest BCUT2D eigenvalue weighted by Gasteiger charge is -2.46. The van der Waals surface area contributed by atoms with E-state index in [9.17, 15) is 4.79 Å². The molecule has 0 bridgehead atoms. The molecule has 2 fully saturated rings. The number of aliphatic carboxylic acids is 1. The zero-order chi connectivity index (χ0) is 13.1. The lowest BCUT2D eigenvalue weighted by Crippen LogP contribution is -2.51. The number of piperidine rings is 1. The van der Waals surface area contributed by atoms with E-state index in [4.69, 9.17) is 5.11 Å². The van der Waals surface area contributed by atoms with Gasteiger partial charge in [0.1, 0.15) is 0 Å². The van der Waals surface area contributed by atoms with Gasteiger partial charge in [0.05, 0.1) is 5.92 Å². The van der Waals surface area contributed by atoms with Crippen molar-refractivity contribution >= 4 is 5.97 Å². The van der Waals surface area contributed by atoms with E-state index >= 15 is 0 Å². The second-order valence-electron chi connectivity index (χ2n) is 6.17. The average molecular weight is 253 g/mol. The molecule has 1 saturated heterocycles. The fourth-order valence-corrected chi connectivity index (χ4v) is 4.01. The predicted molar refractivity (Wildman–Crippen MR) is 72.6 cm³/mol. The summed E-state index contributed by atoms with van der Waals surface area (Å²) >= 11 is 0. The predicted octanol–water partition coefficient (Wildman–Crippen LogP) is 3.14. The fourth-order valence-electron chi connectivity index (χ4n) is 4.01. The maximum Gasteiger partial charge on any atom is 0.306 e. The van der Waals surface area contributed by atoms with E-state index in [1.807, 2.05) is 0 Å². The van der Waals surface area contributed by atoms with Crippen LogP contribution >= 0.6 is 0 Å². The lowest BCUT2D eigenvalue weighted by atomic mass is 9.79. The molecular weight excluding hydrogens is 226 g/mol. The zero-order valence-corrected chi connectivity index (χ0v) is 11.8. The fraction of sp³-hybridized carbons (Fsp3) is 0.933. The minimum absolute atomic E-state index is 0.111. The summed E-state index contributed by atoms with van der Waals surface area (Å²) in [4.78, 5) is 13.7. The van der Waals surface area contributed by atoms with Crippen LogP contribution in [-0.4, -0.2) is 34.6 Å². The van der Waals surface area contributed by atoms with Crippen LogP contribution in [0.25, 0.3) is 0 Å². The minimum atomic E-state index is -0.600. The molecule has 1 heterocycles. The molecule has 4 atom stereocenters. The summed E-state index contributed by atoms with van der Waals surface area (Å²) in [6.07, 6.45) is 8.38. The molecule has 3 heteroatoms. The molecule has 0 aromatic rings. The Morgan fingerprint density at radius 2 is 2.00 bits per heavy atom. The van der Waals surface area contributed by atoms with Crippen LogP contribution in [0.5, 0.6) is 0 Å². The van der Waals surface area contributed by atoms with Crippen LogP contribution in [0.4, 0.5) is 0 Å². The molecule has 0 spiro atoms. The van der Waals surface area contributed by atoms with Crippen molar-refractivity contribution in [2.45, 2.75) is 70.9 Å². The van der Waals surface area contributed by atoms with Crippen LogP contribution in [0.3, 0.4) is 0 Å². The van der Waals surface area contributed by atoms with Gasteiger partial charge in [0, 0.05) is 12.1 Å². The van der Waals surface area contributed by atoms with Gasteiger partial charge in [-0.05, 0) is 45.1 Å². The number of likely N-dealkylation sites (tertiary alicyclic amines) is 1. The summed E-state index contributed by atoms with van der Waals surface area (Å²) < 4.78 is 0. The number of carboxylic acids is 1. The summed E-state index contributed by atoms with van der Waals surface area (Å²) in [5.74, 6) is 0.125. The highest BCUT2D eigenvalue weighted by Gasteiger charge is 2.36. The van der Waals surface area contributed by atoms with Gasteiger partial charge in [0.15, 0.2) is 0 Å². The Bertz CT molecular complexity index is 292. The van der Waals surface area contributed by atoms with Crippen molar-refractivity contribution in [1.29, 1.82) is 0 Å². The standard InChI is InChI=1S/C15H27NO2/c1-3-12-6-4-5-7-14(12)16-9-8-13(15(17)18)10-11(16)2/h11-14H,3-10H2,1-2H3,(H,17,18). The van der Waals surface area contributed by atoms with Crippen molar-refractivity contribution in [2.75, 3.05) is 6.54 Å². The quantitative estimate of drug-likeness (QED) is 0.840. The van der Waals surface area contributed by atoms with Crippen molar-refractivity contribution in [3.63, 3.8) is 0 Å². The Hall–Kier alpha value is -0.570. The second kappa shape index (κ2) is 6.05. The topological polar surface area (TPSA) is 40.5 Å². The number of nitrogens with zero attached hydrogens (tertiary/aromatic N) is 1. The summed E-state index contributed by atoms with van der Waals surface area (Å²) in [6.45, 7) is 5.51. The Morgan fingerprint density at radius 3 is 2.61 bits per heavy atom. The van der Waals surface area contributed by atoms with Crippen LogP contribution in [0, 0.1) is 11.8 Å². The van der Waals surface area contributed by atoms with Gasteiger partial charge in [0.25, 0.3) is 0 Å². The first-order chi connectivity index (χ1) is 8.63. The number of carbonyl (C=O) groups is 1. The molecule has 104 valence electrons. The van der Waals surface area contributed by atoms with Crippen LogP contribution in [0.15, 0.2) is 0 Å². The highest BCUT2D eigenvalue weighted by Crippen LogP contribution is 2.35. The Labute approximate surface area is 111 Å². The molecule has 2 aliphatic rings. The van der Waals surface area contributed by atoms with Gasteiger partial charge in [-0.3, -0.25) is 9.69 Å². The second-order valence-corrected chi connectivity index (χ2v) is 6.17. The Morgan fingerprint density at radius 1 is 1.28 bits per heavy atom. The first kappa shape index (κ1) is 13.9. The van der Waals surface area contributed by atoms with E-state index in [1.54, 1.807) is 0 Å². The lowest BCUT2D eigenvalue weighted by molar-refractivity contribution is -0.144. The molecule has 1 aliphatic carbocycles. The Balaban J connectivity index is 1.98. The zero-order valence-electron chi connectivity index (χ0n) is 11.8. The molecule has 1 N–H and O–H groups in total. The number of rotatable bonds is 3. The summed E-state index contributed by atoms with van der Waals surface area (Å²) in [5.41, 5.74) is 0. The maximum atomic E-state index is 11.1. The molecule has 0 radical (unpaired) electrons. The largest absolute Gasteiger partial charge is 0.481 e. The van der Waals surface area contributed by atoms with Crippen molar-refractivity contribution in [1.82, 2.24) is 4.90 Å². The molecule has 1 saturated carbocycles. The molecule has 1 aliphatic heterocycles. The van der Waals surface area contributed by atoms with Crippen LogP contribution < -0.4 is 0 Å². The minimum Gasteiger partial charge on any atom is -0.481 e. The van der Waals surface area contributed by atoms with Crippen molar-refractivity contribution in [3.8, 4) is 0 Å². The monoisotopic (exact) mass is 253 g/mol. The third-order valence-electron chi connectivity index (χ3n) is 5.10. The molecular formula is C15H27NO2. The molecule has 18 heavy (non-hydrogen) atoms. The van der Waals surface area contributed by atoms with Crippen LogP contribution in [0.1, 0.15) is 58.8 Å². The first-order valence-corrected chi connectivity index (χ1v) is 7.62. The number of carboxylic acid groups (broad SMARTS) is 1. The van der Waals surface area contributed by atoms with Crippen LogP contribution in [-0.2, 0) is 4.79 Å². The van der Waals surface area contributed by atoms with E-state index < -0.39 is 5.97 Å². The summed E-state index contributed by atoms with van der Waals surface area (Å²) in [6, 6.07) is 1.16. The number of hydrogen-bond acceptors (Lipinski definition) is 2. The van der Waals surface area contributed by atoms with Gasteiger partial charge in [0.2, 0.25) is 0 Å². The van der Waals surface area contributed by atoms with E-state index in [0.29, 0.717) is 12.1 Å². The first-order valence-electron chi connectivity index (χ1n) is 7.62. The molecule has 2 rings (SSSR count). The third kappa shape index (κ3) is 2.87. The van der Waals surface area contributed by atoms with Crippen molar-refractivity contribution < 1.29 is 9.90 Å². The molecule has 3 nitrogen and oxygen atoms in total. The molecule has 0 aromatic carbocycles. The molecule has 0 amide bonds. The summed E-state index contributed by atoms with van der Waals surface area (Å²) in [7, 11) is 0. The van der Waals surface area contributed by atoms with Gasteiger partial charge in [-0.1, -0.05) is 26.2 Å². The average Bonchev–Trinajstić information content (AvgIpc) is 2.38. The normalized spacial score (nSPS) is 38.6. The molecule has 0 aromatic heterocycles. The third-order valence-corrected chi connectivity index (χ3v) is 5.10. The SMILES string of the molecule is CCC1CCCCC1N1CCC(C(=O)O)CC1C. The van der Waals surface area contributed by atoms with E-state index in [-0.39, 0.29) is 5.92 Å². The molecule has 4 unspecified atom stereocenters. The van der Waals surface area contributed by atoms with Crippen molar-refractivity contribution in [3.05, 3.63) is 0 Å². The van der Waals surface area contributed by atoms with Crippen molar-refractivity contribution in [2.24, 2.45) is 11.8 Å². The number of hydrogen-bond donors (Lipinski definition) is 1. The highest BCUT2D eigenvalue weighted by atomic mass is 16.4. The van der Waals surface area contributed by atoms with Gasteiger partial charge in [-0.2, -0.15) is 0 Å². The van der Waals surface area contributed by atoms with E-state index in [1.165, 1.54) is 32.1 Å². The van der Waals surface area contributed by atoms with Gasteiger partial charge in [-0.15, -0.1) is 0 Å². The highest BCUT2D eigenvalue weighted by molar-refractivity contribution is 5.70. The smallest absolute Gasteiger partial charge is 0.306 e. The van der Waals surface area contributed by atoms with E-state index in [2.05, 4.69) is 18.7 Å². The summed E-state index contributed by atoms with van der Waals surface area (Å²) in [5, 5.41) is 9.13. The van der Waals surface area contributed by atoms with E-state index in [0.717, 1.165) is 25.3 Å². The van der Waals surface area contributed by atoms with Gasteiger partial charge >= 0.3 is 5.97 Å².